The average molecular weight is 356 g/mol. The van der Waals surface area contributed by atoms with Crippen LogP contribution in [-0.2, 0) is 4.74 Å². The molecule has 0 aliphatic rings. The van der Waals surface area contributed by atoms with E-state index in [9.17, 15) is 14.7 Å². The van der Waals surface area contributed by atoms with E-state index in [0.717, 1.165) is 16.2 Å². The summed E-state index contributed by atoms with van der Waals surface area (Å²) in [4.78, 5) is 24.7. The highest BCUT2D eigenvalue weighted by Gasteiger charge is 2.17. The second-order valence-electron chi connectivity index (χ2n) is 6.24. The molecule has 4 heteroatoms. The van der Waals surface area contributed by atoms with Crippen LogP contribution in [0.5, 0.6) is 5.75 Å². The zero-order valence-corrected chi connectivity index (χ0v) is 14.4. The highest BCUT2D eigenvalue weighted by atomic mass is 16.5. The molecule has 0 amide bonds. The maximum atomic E-state index is 12.4. The fourth-order valence-electron chi connectivity index (χ4n) is 3.07. The third-order valence-corrected chi connectivity index (χ3v) is 4.53. The van der Waals surface area contributed by atoms with Gasteiger partial charge >= 0.3 is 5.97 Å². The molecule has 0 saturated heterocycles. The van der Waals surface area contributed by atoms with Gasteiger partial charge in [-0.05, 0) is 28.3 Å². The summed E-state index contributed by atoms with van der Waals surface area (Å²) in [5.41, 5.74) is 0.518. The van der Waals surface area contributed by atoms with Crippen LogP contribution in [0.15, 0.2) is 78.9 Å². The van der Waals surface area contributed by atoms with Gasteiger partial charge in [0.2, 0.25) is 0 Å². The lowest BCUT2D eigenvalue weighted by molar-refractivity contribution is 0.0472. The van der Waals surface area contributed by atoms with E-state index in [2.05, 4.69) is 0 Å². The van der Waals surface area contributed by atoms with Crippen LogP contribution in [0, 0.1) is 0 Å². The van der Waals surface area contributed by atoms with Gasteiger partial charge in [0.05, 0.1) is 0 Å². The summed E-state index contributed by atoms with van der Waals surface area (Å²) >= 11 is 0. The second-order valence-corrected chi connectivity index (χ2v) is 6.24. The van der Waals surface area contributed by atoms with E-state index >= 15 is 0 Å². The molecular formula is C23H16O4. The van der Waals surface area contributed by atoms with Crippen molar-refractivity contribution >= 4 is 33.3 Å². The fraction of sp³-hybridized carbons (Fsp3) is 0.0435. The molecule has 0 radical (unpaired) electrons. The molecule has 0 unspecified atom stereocenters. The van der Waals surface area contributed by atoms with Crippen molar-refractivity contribution in [2.45, 2.75) is 0 Å². The average Bonchev–Trinajstić information content (AvgIpc) is 2.72. The number of esters is 1. The number of ketones is 1. The molecule has 4 aromatic rings. The van der Waals surface area contributed by atoms with Gasteiger partial charge in [-0.15, -0.1) is 0 Å². The Bertz CT molecular complexity index is 1180. The van der Waals surface area contributed by atoms with Crippen molar-refractivity contribution in [3.8, 4) is 5.75 Å². The van der Waals surface area contributed by atoms with E-state index in [4.69, 9.17) is 4.74 Å². The molecule has 0 aromatic heterocycles. The molecule has 4 aromatic carbocycles. The van der Waals surface area contributed by atoms with Crippen LogP contribution in [0.4, 0.5) is 0 Å². The minimum Gasteiger partial charge on any atom is -0.506 e. The molecule has 4 nitrogen and oxygen atoms in total. The third kappa shape index (κ3) is 3.25. The van der Waals surface area contributed by atoms with Crippen LogP contribution >= 0.6 is 0 Å². The smallest absolute Gasteiger partial charge is 0.342 e. The van der Waals surface area contributed by atoms with E-state index in [1.54, 1.807) is 30.3 Å². The molecular weight excluding hydrogens is 340 g/mol. The van der Waals surface area contributed by atoms with Crippen molar-refractivity contribution in [3.05, 3.63) is 90.0 Å². The van der Waals surface area contributed by atoms with Crippen LogP contribution < -0.4 is 0 Å². The first-order valence-electron chi connectivity index (χ1n) is 8.53. The predicted molar refractivity (Wildman–Crippen MR) is 104 cm³/mol. The van der Waals surface area contributed by atoms with Crippen molar-refractivity contribution in [2.75, 3.05) is 6.61 Å². The molecule has 4 rings (SSSR count). The van der Waals surface area contributed by atoms with Crippen molar-refractivity contribution in [3.63, 3.8) is 0 Å². The van der Waals surface area contributed by atoms with E-state index in [1.807, 2.05) is 42.5 Å². The summed E-state index contributed by atoms with van der Waals surface area (Å²) in [5, 5.41) is 13.7. The minimum absolute atomic E-state index is 0.0417. The number of hydrogen-bond acceptors (Lipinski definition) is 4. The molecule has 0 bridgehead atoms. The monoisotopic (exact) mass is 356 g/mol. The number of carbonyl (C=O) groups is 2. The summed E-state index contributed by atoms with van der Waals surface area (Å²) in [6, 6.07) is 23.5. The predicted octanol–water partition coefficient (Wildman–Crippen LogP) is 4.74. The van der Waals surface area contributed by atoms with E-state index in [1.165, 1.54) is 6.07 Å². The van der Waals surface area contributed by atoms with Crippen LogP contribution in [0.3, 0.4) is 0 Å². The number of hydrogen-bond donors (Lipinski definition) is 1. The molecule has 0 aliphatic carbocycles. The van der Waals surface area contributed by atoms with Gasteiger partial charge in [0.1, 0.15) is 11.3 Å². The van der Waals surface area contributed by atoms with Crippen LogP contribution in [0.1, 0.15) is 20.7 Å². The second kappa shape index (κ2) is 6.92. The van der Waals surface area contributed by atoms with Gasteiger partial charge in [-0.1, -0.05) is 66.7 Å². The SMILES string of the molecule is O=C(COC(=O)c1ccc2ccccc2c1O)c1ccc2ccccc2c1. The molecule has 0 spiro atoms. The Morgan fingerprint density at radius 3 is 2.26 bits per heavy atom. The summed E-state index contributed by atoms with van der Waals surface area (Å²) in [6.07, 6.45) is 0. The highest BCUT2D eigenvalue weighted by Crippen LogP contribution is 2.29. The molecule has 1 N–H and O–H groups in total. The van der Waals surface area contributed by atoms with Crippen molar-refractivity contribution in [2.24, 2.45) is 0 Å². The van der Waals surface area contributed by atoms with E-state index in [0.29, 0.717) is 10.9 Å². The number of ether oxygens (including phenoxy) is 1. The van der Waals surface area contributed by atoms with Crippen LogP contribution in [0.25, 0.3) is 21.5 Å². The minimum atomic E-state index is -0.729. The lowest BCUT2D eigenvalue weighted by atomic mass is 10.0. The quantitative estimate of drug-likeness (QED) is 0.424. The molecule has 0 heterocycles. The number of benzene rings is 4. The Hall–Kier alpha value is -3.66. The van der Waals surface area contributed by atoms with Crippen molar-refractivity contribution in [1.82, 2.24) is 0 Å². The van der Waals surface area contributed by atoms with Gasteiger partial charge in [0, 0.05) is 10.9 Å². The molecule has 27 heavy (non-hydrogen) atoms. The normalized spacial score (nSPS) is 10.8. The zero-order valence-electron chi connectivity index (χ0n) is 14.4. The Labute approximate surface area is 155 Å². The topological polar surface area (TPSA) is 63.6 Å². The number of phenolic OH excluding ortho intramolecular Hbond substituents is 1. The van der Waals surface area contributed by atoms with Crippen molar-refractivity contribution < 1.29 is 19.4 Å². The maximum absolute atomic E-state index is 12.4. The third-order valence-electron chi connectivity index (χ3n) is 4.53. The Morgan fingerprint density at radius 2 is 1.44 bits per heavy atom. The highest BCUT2D eigenvalue weighted by molar-refractivity contribution is 6.04. The molecule has 0 fully saturated rings. The maximum Gasteiger partial charge on any atom is 0.342 e. The summed E-state index contributed by atoms with van der Waals surface area (Å²) in [6.45, 7) is -0.385. The molecule has 0 saturated carbocycles. The van der Waals surface area contributed by atoms with E-state index < -0.39 is 5.97 Å². The van der Waals surface area contributed by atoms with Crippen LogP contribution in [-0.4, -0.2) is 23.5 Å². The number of fused-ring (bicyclic) bond motifs is 2. The van der Waals surface area contributed by atoms with Gasteiger partial charge in [0.15, 0.2) is 12.4 Å². The summed E-state index contributed by atoms with van der Waals surface area (Å²) < 4.78 is 5.14. The molecule has 132 valence electrons. The zero-order chi connectivity index (χ0) is 18.8. The first-order valence-corrected chi connectivity index (χ1v) is 8.53. The lowest BCUT2D eigenvalue weighted by Gasteiger charge is -2.08. The molecule has 0 aliphatic heterocycles. The van der Waals surface area contributed by atoms with Crippen LogP contribution in [0.2, 0.25) is 0 Å². The Morgan fingerprint density at radius 1 is 0.778 bits per heavy atom. The number of rotatable bonds is 4. The first-order chi connectivity index (χ1) is 13.1. The summed E-state index contributed by atoms with van der Waals surface area (Å²) in [5.74, 6) is -1.17. The summed E-state index contributed by atoms with van der Waals surface area (Å²) in [7, 11) is 0. The van der Waals surface area contributed by atoms with Crippen molar-refractivity contribution in [1.29, 1.82) is 0 Å². The number of phenols is 1. The Balaban J connectivity index is 1.51. The van der Waals surface area contributed by atoms with Gasteiger partial charge in [-0.25, -0.2) is 4.79 Å². The first kappa shape index (κ1) is 16.8. The van der Waals surface area contributed by atoms with Gasteiger partial charge < -0.3 is 9.84 Å². The van der Waals surface area contributed by atoms with Gasteiger partial charge in [-0.2, -0.15) is 0 Å². The standard InChI is InChI=1S/C23H16O4/c24-21(18-10-9-15-5-1-2-7-17(15)13-18)14-27-23(26)20-12-11-16-6-3-4-8-19(16)22(20)25/h1-13,25H,14H2. The number of aromatic hydroxyl groups is 1. The van der Waals surface area contributed by atoms with E-state index in [-0.39, 0.29) is 23.7 Å². The lowest BCUT2D eigenvalue weighted by Crippen LogP contribution is -2.14. The number of carbonyl (C=O) groups excluding carboxylic acids is 2. The fourth-order valence-corrected chi connectivity index (χ4v) is 3.07. The van der Waals surface area contributed by atoms with Gasteiger partial charge in [0.25, 0.3) is 0 Å². The van der Waals surface area contributed by atoms with Gasteiger partial charge in [-0.3, -0.25) is 4.79 Å². The molecule has 0 atom stereocenters. The largest absolute Gasteiger partial charge is 0.506 e. The number of Topliss-reactive ketones (excluding diaryl/α,β-unsaturated/α-hetero) is 1. The Kier molecular flexibility index (Phi) is 4.30.